The molecule has 1 atom stereocenters. The number of hydrogen-bond donors (Lipinski definition) is 0. The molecule has 0 amide bonds. The van der Waals surface area contributed by atoms with Gasteiger partial charge in [0.2, 0.25) is 0 Å². The Hall–Kier alpha value is -1.85. The Labute approximate surface area is 133 Å². The molecule has 1 heterocycles. The van der Waals surface area contributed by atoms with Gasteiger partial charge in [-0.05, 0) is 23.3 Å². The molecule has 0 radical (unpaired) electrons. The summed E-state index contributed by atoms with van der Waals surface area (Å²) in [7, 11) is 2.46. The monoisotopic (exact) mass is 324 g/mol. The van der Waals surface area contributed by atoms with E-state index in [-0.39, 0.29) is 13.0 Å². The summed E-state index contributed by atoms with van der Waals surface area (Å²) >= 11 is 5.87. The normalized spacial score (nSPS) is 20.3. The third kappa shape index (κ3) is 2.74. The van der Waals surface area contributed by atoms with Crippen molar-refractivity contribution < 1.29 is 23.8 Å². The molecule has 6 heteroatoms. The molecule has 0 spiro atoms. The molecule has 1 unspecified atom stereocenters. The molecule has 1 aliphatic heterocycles. The maximum Gasteiger partial charge on any atom is 0.327 e. The zero-order valence-corrected chi connectivity index (χ0v) is 13.2. The van der Waals surface area contributed by atoms with Gasteiger partial charge in [-0.15, -0.1) is 0 Å². The van der Waals surface area contributed by atoms with Gasteiger partial charge in [0.15, 0.2) is 5.41 Å². The summed E-state index contributed by atoms with van der Waals surface area (Å²) in [4.78, 5) is 24.5. The summed E-state index contributed by atoms with van der Waals surface area (Å²) in [6, 6.07) is 7.03. The summed E-state index contributed by atoms with van der Waals surface area (Å²) < 4.78 is 15.3. The lowest BCUT2D eigenvalue weighted by atomic mass is 9.73. The Bertz CT molecular complexity index is 563. The van der Waals surface area contributed by atoms with Gasteiger partial charge >= 0.3 is 11.9 Å². The second kappa shape index (κ2) is 6.50. The molecule has 0 aliphatic carbocycles. The molecule has 0 aromatic heterocycles. The Morgan fingerprint density at radius 2 is 1.77 bits per heavy atom. The van der Waals surface area contributed by atoms with E-state index in [1.165, 1.54) is 14.2 Å². The molecular weight excluding hydrogens is 308 g/mol. The van der Waals surface area contributed by atoms with Crippen molar-refractivity contribution in [1.82, 2.24) is 0 Å². The van der Waals surface area contributed by atoms with Gasteiger partial charge in [0.05, 0.1) is 26.9 Å². The van der Waals surface area contributed by atoms with Crippen LogP contribution in [0.1, 0.15) is 18.1 Å². The lowest BCUT2D eigenvalue weighted by Gasteiger charge is -2.38. The first kappa shape index (κ1) is 16.5. The molecule has 1 fully saturated rings. The van der Waals surface area contributed by atoms with E-state index in [1.807, 2.05) is 0 Å². The molecule has 1 aromatic rings. The highest BCUT2D eigenvalue weighted by atomic mass is 35.5. The predicted octanol–water partition coefficient (Wildman–Crippen LogP) is 2.69. The smallest absolute Gasteiger partial charge is 0.327 e. The number of ether oxygens (including phenoxy) is 3. The zero-order valence-electron chi connectivity index (χ0n) is 12.4. The van der Waals surface area contributed by atoms with Gasteiger partial charge in [-0.1, -0.05) is 30.3 Å². The second-order valence-corrected chi connectivity index (χ2v) is 5.48. The maximum absolute atomic E-state index is 12.3. The summed E-state index contributed by atoms with van der Waals surface area (Å²) in [5.74, 6) is -1.38. The average Bonchev–Trinajstić information content (AvgIpc) is 2.54. The Morgan fingerprint density at radius 3 is 2.27 bits per heavy atom. The number of halogens is 1. The molecule has 0 bridgehead atoms. The van der Waals surface area contributed by atoms with Crippen molar-refractivity contribution in [3.8, 4) is 0 Å². The van der Waals surface area contributed by atoms with E-state index in [9.17, 15) is 9.59 Å². The number of benzene rings is 1. The van der Waals surface area contributed by atoms with Crippen LogP contribution in [-0.4, -0.2) is 32.8 Å². The van der Waals surface area contributed by atoms with Gasteiger partial charge in [0.1, 0.15) is 0 Å². The van der Waals surface area contributed by atoms with E-state index in [2.05, 4.69) is 6.58 Å². The number of esters is 2. The minimum Gasteiger partial charge on any atom is -0.468 e. The van der Waals surface area contributed by atoms with Crippen molar-refractivity contribution in [2.75, 3.05) is 20.8 Å². The Morgan fingerprint density at radius 1 is 1.23 bits per heavy atom. The van der Waals surface area contributed by atoms with Crippen molar-refractivity contribution >= 4 is 23.5 Å². The second-order valence-electron chi connectivity index (χ2n) is 5.05. The van der Waals surface area contributed by atoms with E-state index in [1.54, 1.807) is 24.3 Å². The number of rotatable bonds is 3. The van der Waals surface area contributed by atoms with Crippen molar-refractivity contribution in [2.24, 2.45) is 5.41 Å². The number of methoxy groups -OCH3 is 2. The van der Waals surface area contributed by atoms with Gasteiger partial charge in [-0.25, -0.2) is 0 Å². The topological polar surface area (TPSA) is 61.8 Å². The number of carbonyl (C=O) groups excluding carboxylic acids is 2. The lowest BCUT2D eigenvalue weighted by Crippen LogP contribution is -2.47. The fourth-order valence-electron chi connectivity index (χ4n) is 2.58. The predicted molar refractivity (Wildman–Crippen MR) is 80.4 cm³/mol. The average molecular weight is 325 g/mol. The van der Waals surface area contributed by atoms with E-state index in [0.717, 1.165) is 5.56 Å². The van der Waals surface area contributed by atoms with Gasteiger partial charge < -0.3 is 14.2 Å². The third-order valence-electron chi connectivity index (χ3n) is 3.86. The standard InChI is InChI=1S/C16H17ClO5/c1-10-9-22-13(11-4-6-12(17)7-5-11)8-16(10,14(18)20-2)15(19)21-3/h4-7,13H,1,8-9H2,2-3H3. The van der Waals surface area contributed by atoms with Crippen molar-refractivity contribution in [2.45, 2.75) is 12.5 Å². The van der Waals surface area contributed by atoms with Crippen LogP contribution in [0.25, 0.3) is 0 Å². The van der Waals surface area contributed by atoms with Crippen LogP contribution in [0.5, 0.6) is 0 Å². The maximum atomic E-state index is 12.3. The van der Waals surface area contributed by atoms with Gasteiger partial charge in [-0.3, -0.25) is 9.59 Å². The quantitative estimate of drug-likeness (QED) is 0.486. The molecule has 1 aliphatic rings. The zero-order chi connectivity index (χ0) is 16.3. The first-order valence-electron chi connectivity index (χ1n) is 6.68. The summed E-state index contributed by atoms with van der Waals surface area (Å²) in [6.07, 6.45) is -0.381. The molecule has 5 nitrogen and oxygen atoms in total. The summed E-state index contributed by atoms with van der Waals surface area (Å²) in [5.41, 5.74) is -0.406. The van der Waals surface area contributed by atoms with Crippen LogP contribution in [-0.2, 0) is 23.8 Å². The van der Waals surface area contributed by atoms with Gasteiger partial charge in [0.25, 0.3) is 0 Å². The van der Waals surface area contributed by atoms with E-state index in [4.69, 9.17) is 25.8 Å². The molecule has 1 aromatic carbocycles. The van der Waals surface area contributed by atoms with Crippen molar-refractivity contribution in [3.63, 3.8) is 0 Å². The first-order valence-corrected chi connectivity index (χ1v) is 7.05. The molecule has 0 saturated carbocycles. The van der Waals surface area contributed by atoms with Crippen molar-refractivity contribution in [1.29, 1.82) is 0 Å². The molecule has 22 heavy (non-hydrogen) atoms. The van der Waals surface area contributed by atoms with E-state index < -0.39 is 23.5 Å². The Balaban J connectivity index is 2.40. The van der Waals surface area contributed by atoms with Crippen LogP contribution in [0.4, 0.5) is 0 Å². The molecule has 2 rings (SSSR count). The fourth-order valence-corrected chi connectivity index (χ4v) is 2.71. The molecule has 0 N–H and O–H groups in total. The van der Waals surface area contributed by atoms with Crippen LogP contribution in [0.3, 0.4) is 0 Å². The SMILES string of the molecule is C=C1COC(c2ccc(Cl)cc2)CC1(C(=O)OC)C(=O)OC. The van der Waals surface area contributed by atoms with Crippen molar-refractivity contribution in [3.05, 3.63) is 47.0 Å². The number of carbonyl (C=O) groups is 2. The largest absolute Gasteiger partial charge is 0.468 e. The first-order chi connectivity index (χ1) is 10.5. The lowest BCUT2D eigenvalue weighted by molar-refractivity contribution is -0.172. The third-order valence-corrected chi connectivity index (χ3v) is 4.12. The highest BCUT2D eigenvalue weighted by molar-refractivity contribution is 6.30. The highest BCUT2D eigenvalue weighted by Gasteiger charge is 2.54. The van der Waals surface area contributed by atoms with Crippen LogP contribution in [0, 0.1) is 5.41 Å². The summed E-state index contributed by atoms with van der Waals surface area (Å²) in [5, 5.41) is 0.594. The van der Waals surface area contributed by atoms with E-state index in [0.29, 0.717) is 10.6 Å². The fraction of sp³-hybridized carbons (Fsp3) is 0.375. The van der Waals surface area contributed by atoms with Crippen LogP contribution >= 0.6 is 11.6 Å². The van der Waals surface area contributed by atoms with Gasteiger partial charge in [0, 0.05) is 11.4 Å². The summed E-state index contributed by atoms with van der Waals surface area (Å²) in [6.45, 7) is 3.87. The molecule has 118 valence electrons. The molecular formula is C16H17ClO5. The van der Waals surface area contributed by atoms with E-state index >= 15 is 0 Å². The minimum atomic E-state index is -1.55. The van der Waals surface area contributed by atoms with Gasteiger partial charge in [-0.2, -0.15) is 0 Å². The molecule has 1 saturated heterocycles. The van der Waals surface area contributed by atoms with Crippen LogP contribution < -0.4 is 0 Å². The van der Waals surface area contributed by atoms with Crippen LogP contribution in [0.15, 0.2) is 36.4 Å². The highest BCUT2D eigenvalue weighted by Crippen LogP contribution is 2.44. The number of hydrogen-bond acceptors (Lipinski definition) is 5. The minimum absolute atomic E-state index is 0.0670. The Kier molecular flexibility index (Phi) is 4.88. The van der Waals surface area contributed by atoms with Crippen LogP contribution in [0.2, 0.25) is 5.02 Å².